The molecule has 0 radical (unpaired) electrons. The Morgan fingerprint density at radius 1 is 0.878 bits per heavy atom. The van der Waals surface area contributed by atoms with Crippen molar-refractivity contribution < 1.29 is 65.0 Å². The maximum atomic E-state index is 16.4. The number of nitrogens with one attached hydrogen (secondary N) is 1. The lowest BCUT2D eigenvalue weighted by atomic mass is 10.1. The third-order valence-electron chi connectivity index (χ3n) is 11.9. The third-order valence-corrected chi connectivity index (χ3v) is 15.8. The van der Waals surface area contributed by atoms with Crippen LogP contribution in [0, 0.1) is 0 Å². The van der Waals surface area contributed by atoms with Crippen LogP contribution >= 0.6 is 26.0 Å². The number of hydrogen-bond acceptors (Lipinski definition) is 18. The number of benzene rings is 2. The van der Waals surface area contributed by atoms with Crippen LogP contribution < -0.4 is 26.5 Å². The van der Waals surface area contributed by atoms with Crippen LogP contribution in [0.25, 0.3) is 21.6 Å². The predicted molar refractivity (Wildman–Crippen MR) is 265 cm³/mol. The molecule has 24 nitrogen and oxygen atoms in total. The molecule has 3 aromatic heterocycles. The van der Waals surface area contributed by atoms with Crippen molar-refractivity contribution >= 4 is 49.0 Å². The lowest BCUT2D eigenvalue weighted by molar-refractivity contribution is -0.0500. The van der Waals surface area contributed by atoms with Crippen LogP contribution in [0.1, 0.15) is 99.0 Å². The number of halogens is 2. The van der Waals surface area contributed by atoms with Gasteiger partial charge >= 0.3 is 26.3 Å². The van der Waals surface area contributed by atoms with Gasteiger partial charge in [0.2, 0.25) is 0 Å². The van der Waals surface area contributed by atoms with Gasteiger partial charge in [0.25, 0.3) is 5.56 Å². The Kier molecular flexibility index (Phi) is 20.3. The highest BCUT2D eigenvalue weighted by Gasteiger charge is 2.51. The summed E-state index contributed by atoms with van der Waals surface area (Å²) in [5.41, 5.74) is 13.5. The van der Waals surface area contributed by atoms with E-state index in [2.05, 4.69) is 25.0 Å². The van der Waals surface area contributed by atoms with Crippen molar-refractivity contribution in [2.45, 2.75) is 119 Å². The Morgan fingerprint density at radius 2 is 1.57 bits per heavy atom. The minimum atomic E-state index is -5.26. The van der Waals surface area contributed by atoms with Crippen molar-refractivity contribution in [3.05, 3.63) is 116 Å². The largest absolute Gasteiger partial charge is 0.494 e. The van der Waals surface area contributed by atoms with Crippen molar-refractivity contribution in [1.29, 1.82) is 0 Å². The summed E-state index contributed by atoms with van der Waals surface area (Å²) in [5.74, 6) is 0.131. The first-order valence-electron chi connectivity index (χ1n) is 23.8. The molecule has 5 heterocycles. The van der Waals surface area contributed by atoms with E-state index in [1.165, 1.54) is 37.8 Å². The zero-order valence-electron chi connectivity index (χ0n) is 39.8. The number of nitrogens with two attached hydrogens (primary N) is 1. The second kappa shape index (κ2) is 26.8. The number of alkyl halides is 2. The quantitative estimate of drug-likeness (QED) is 0.00666. The van der Waals surface area contributed by atoms with Crippen molar-refractivity contribution in [2.75, 3.05) is 32.1 Å². The van der Waals surface area contributed by atoms with Gasteiger partial charge in [-0.1, -0.05) is 68.6 Å². The van der Waals surface area contributed by atoms with E-state index in [9.17, 15) is 37.7 Å². The smallest absolute Gasteiger partial charge is 0.472 e. The van der Waals surface area contributed by atoms with Crippen molar-refractivity contribution in [3.63, 3.8) is 0 Å². The summed E-state index contributed by atoms with van der Waals surface area (Å²) in [6.07, 6.45) is 1.92. The second-order valence-corrected chi connectivity index (χ2v) is 22.6. The zero-order valence-corrected chi connectivity index (χ0v) is 42.4. The highest BCUT2D eigenvalue weighted by molar-refractivity contribution is 8.54. The Balaban J connectivity index is 0.863. The molecule has 2 aromatic carbocycles. The molecule has 2 saturated heterocycles. The topological polar surface area (TPSA) is 330 Å². The number of esters is 1. The molecule has 0 spiro atoms. The molecule has 0 amide bonds. The van der Waals surface area contributed by atoms with Gasteiger partial charge in [0.1, 0.15) is 41.7 Å². The number of aromatic amines is 1. The van der Waals surface area contributed by atoms with E-state index in [4.69, 9.17) is 43.8 Å². The molecular weight excluding hydrogens is 1040 g/mol. The summed E-state index contributed by atoms with van der Waals surface area (Å²) < 4.78 is 98.4. The molecular formula is C45H56F2N10O14P2S. The number of phosphoric acid groups is 1. The molecule has 7 rings (SSSR count). The number of carbonyl (C=O) groups excluding carboxylic acids is 1. The molecule has 5 aromatic rings. The normalized spacial score (nSPS) is 22.2. The molecule has 400 valence electrons. The molecule has 2 fully saturated rings. The predicted octanol–water partition coefficient (Wildman–Crippen LogP) is 8.18. The van der Waals surface area contributed by atoms with E-state index in [-0.39, 0.29) is 28.5 Å². The monoisotopic (exact) mass is 1090 g/mol. The van der Waals surface area contributed by atoms with Crippen LogP contribution in [0.4, 0.5) is 14.6 Å². The van der Waals surface area contributed by atoms with E-state index in [0.717, 1.165) is 72.6 Å². The molecule has 29 heteroatoms. The number of anilines is 1. The molecule has 2 aliphatic rings. The second-order valence-electron chi connectivity index (χ2n) is 17.3. The van der Waals surface area contributed by atoms with E-state index in [0.29, 0.717) is 41.4 Å². The van der Waals surface area contributed by atoms with E-state index in [1.807, 2.05) is 4.98 Å². The van der Waals surface area contributed by atoms with E-state index < -0.39 is 94.6 Å². The summed E-state index contributed by atoms with van der Waals surface area (Å²) in [4.78, 5) is 75.0. The summed E-state index contributed by atoms with van der Waals surface area (Å²) in [5, 5.41) is 3.55. The van der Waals surface area contributed by atoms with Gasteiger partial charge < -0.3 is 34.5 Å². The highest BCUT2D eigenvalue weighted by atomic mass is 32.7. The van der Waals surface area contributed by atoms with Crippen molar-refractivity contribution in [2.24, 2.45) is 5.11 Å². The molecule has 74 heavy (non-hydrogen) atoms. The van der Waals surface area contributed by atoms with Crippen molar-refractivity contribution in [1.82, 2.24) is 29.1 Å². The van der Waals surface area contributed by atoms with Gasteiger partial charge in [-0.2, -0.15) is 0 Å². The Bertz CT molecular complexity index is 2920. The van der Waals surface area contributed by atoms with Gasteiger partial charge in [0, 0.05) is 35.9 Å². The average Bonchev–Trinajstić information content (AvgIpc) is 4.07. The summed E-state index contributed by atoms with van der Waals surface area (Å²) >= 11 is 0.500. The molecule has 2 unspecified atom stereocenters. The molecule has 2 aliphatic heterocycles. The molecule has 9 atom stereocenters. The van der Waals surface area contributed by atoms with Crippen LogP contribution in [0.3, 0.4) is 0 Å². The number of azide groups is 1. The van der Waals surface area contributed by atoms with Crippen LogP contribution in [0.5, 0.6) is 11.5 Å². The van der Waals surface area contributed by atoms with Gasteiger partial charge in [0.05, 0.1) is 37.8 Å². The Hall–Kier alpha value is -5.56. The number of phosphoric ester groups is 1. The number of hydrogen-bond donors (Lipinski definition) is 4. The summed E-state index contributed by atoms with van der Waals surface area (Å²) in [7, 11) is -5.26. The number of rotatable bonds is 29. The number of aromatic nitrogens is 6. The van der Waals surface area contributed by atoms with Crippen LogP contribution in [-0.4, -0.2) is 102 Å². The number of carbonyl (C=O) groups is 1. The molecule has 0 saturated carbocycles. The summed E-state index contributed by atoms with van der Waals surface area (Å²) in [6.45, 7) is -5.04. The highest BCUT2D eigenvalue weighted by Crippen LogP contribution is 2.58. The van der Waals surface area contributed by atoms with E-state index >= 15 is 4.39 Å². The van der Waals surface area contributed by atoms with Gasteiger partial charge in [-0.3, -0.25) is 32.5 Å². The fourth-order valence-corrected chi connectivity index (χ4v) is 11.3. The van der Waals surface area contributed by atoms with Gasteiger partial charge in [-0.25, -0.2) is 42.5 Å². The average molecular weight is 1090 g/mol. The standard InChI is InChI=1S/C45H56F2N10O14P2S/c46-34-23-33(68-42(34)56-21-19-36(58)54-45(56)60)24-66-72(61,62)71-39-35(70-43(37(39)47)57-28-52-38-40(48)50-27-51-41(38)57)25-67-73(63,64)74-26-29-11-15-32(16-12-29)69-44(59)30-13-17-31(18-14-30)65-22-10-8-6-4-2-1-3-5-7-9-20-53-55-49/h11-19,21,27-28,33-35,37,39,42-43H,1-10,20,22-26H2,(H,61,62)(H,63,64)(H2,48,50,51)(H,54,58,60)/t33-,34+,35+,37+,39+,42+,43+/m0/s1. The van der Waals surface area contributed by atoms with Gasteiger partial charge in [0.15, 0.2) is 30.1 Å². The lowest BCUT2D eigenvalue weighted by Crippen LogP contribution is -2.34. The van der Waals surface area contributed by atoms with Crippen LogP contribution in [0.2, 0.25) is 0 Å². The first-order chi connectivity index (χ1) is 35.6. The van der Waals surface area contributed by atoms with Gasteiger partial charge in [-0.15, -0.1) is 0 Å². The van der Waals surface area contributed by atoms with E-state index in [1.54, 1.807) is 36.4 Å². The lowest BCUT2D eigenvalue weighted by Gasteiger charge is -2.23. The number of fused-ring (bicyclic) bond motifs is 1. The fraction of sp³-hybridized carbons (Fsp3) is 0.511. The fourth-order valence-electron chi connectivity index (χ4n) is 8.08. The zero-order chi connectivity index (χ0) is 52.7. The molecule has 0 bridgehead atoms. The minimum absolute atomic E-state index is 0.0248. The maximum absolute atomic E-state index is 16.4. The number of nitrogen functional groups attached to an aromatic ring is 1. The number of ether oxygens (including phenoxy) is 4. The Labute approximate surface area is 425 Å². The molecule has 5 N–H and O–H groups in total. The van der Waals surface area contributed by atoms with Gasteiger partial charge in [-0.05, 0) is 71.7 Å². The van der Waals surface area contributed by atoms with Crippen molar-refractivity contribution in [3.8, 4) is 11.5 Å². The van der Waals surface area contributed by atoms with Crippen LogP contribution in [-0.2, 0) is 37.9 Å². The third kappa shape index (κ3) is 16.0. The molecule has 0 aliphatic carbocycles. The Morgan fingerprint density at radius 3 is 2.27 bits per heavy atom. The SMILES string of the molecule is [N-]=[N+]=NCCCCCCCCCCCCOc1ccc(C(=O)Oc2ccc(CSP(=O)(O)OC[C@H]3O[C@@H](n4cnc5c(N)ncnc54)[C@H](F)[C@@H]3OP(=O)(O)OC[C@@H]3C[C@@H](F)[C@H](n4ccc(=O)[nH]c4=O)O3)cc2)cc1. The first-order valence-corrected chi connectivity index (χ1v) is 28.4. The first kappa shape index (κ1) is 56.2. The minimum Gasteiger partial charge on any atom is -0.494 e. The maximum Gasteiger partial charge on any atom is 0.472 e. The number of imidazole rings is 1. The number of nitrogens with zero attached hydrogens (tertiary/aromatic N) is 8. The van der Waals surface area contributed by atoms with Crippen LogP contribution in [0.15, 0.2) is 88.2 Å². The summed E-state index contributed by atoms with van der Waals surface area (Å²) in [6, 6.07) is 13.8. The number of H-pyrrole nitrogens is 1. The number of unbranched alkanes of at least 4 members (excludes halogenated alkanes) is 9.